The number of hydrogen-bond donors (Lipinski definition) is 2. The predicted octanol–water partition coefficient (Wildman–Crippen LogP) is 1.09. The van der Waals surface area contributed by atoms with Crippen LogP contribution in [0.4, 0.5) is 18.0 Å². The molecule has 0 fully saturated rings. The molecule has 19 heavy (non-hydrogen) atoms. The second-order valence-electron chi connectivity index (χ2n) is 3.89. The zero-order valence-electron chi connectivity index (χ0n) is 9.31. The SMILES string of the molecule is O=C(O)c1nc(C(F)(F)F)n2c1CN(C(=O)O)CC2. The number of carboxylic acids is 1. The minimum atomic E-state index is -4.78. The van der Waals surface area contributed by atoms with Gasteiger partial charge in [0.25, 0.3) is 0 Å². The smallest absolute Gasteiger partial charge is 0.449 e. The lowest BCUT2D eigenvalue weighted by atomic mass is 10.2. The van der Waals surface area contributed by atoms with E-state index in [2.05, 4.69) is 4.98 Å². The Kier molecular flexibility index (Phi) is 2.87. The van der Waals surface area contributed by atoms with Crippen molar-refractivity contribution in [3.05, 3.63) is 17.2 Å². The van der Waals surface area contributed by atoms with Gasteiger partial charge in [0.15, 0.2) is 5.69 Å². The summed E-state index contributed by atoms with van der Waals surface area (Å²) < 4.78 is 38.8. The van der Waals surface area contributed by atoms with E-state index in [1.807, 2.05) is 0 Å². The van der Waals surface area contributed by atoms with Gasteiger partial charge in [-0.25, -0.2) is 14.6 Å². The summed E-state index contributed by atoms with van der Waals surface area (Å²) in [5.41, 5.74) is -1.02. The number of aromatic carboxylic acids is 1. The van der Waals surface area contributed by atoms with Gasteiger partial charge in [-0.05, 0) is 0 Å². The fraction of sp³-hybridized carbons (Fsp3) is 0.444. The van der Waals surface area contributed by atoms with Gasteiger partial charge in [0.2, 0.25) is 5.82 Å². The first kappa shape index (κ1) is 13.2. The molecule has 2 N–H and O–H groups in total. The van der Waals surface area contributed by atoms with Gasteiger partial charge in [0.1, 0.15) is 0 Å². The third-order valence-electron chi connectivity index (χ3n) is 2.73. The van der Waals surface area contributed by atoms with Crippen LogP contribution in [0.15, 0.2) is 0 Å². The number of alkyl halides is 3. The van der Waals surface area contributed by atoms with Gasteiger partial charge in [-0.15, -0.1) is 0 Å². The van der Waals surface area contributed by atoms with Crippen LogP contribution in [0.1, 0.15) is 22.0 Å². The van der Waals surface area contributed by atoms with Crippen LogP contribution in [-0.4, -0.2) is 43.3 Å². The van der Waals surface area contributed by atoms with Crippen molar-refractivity contribution in [1.82, 2.24) is 14.5 Å². The molecule has 0 saturated heterocycles. The Bertz CT molecular complexity index is 552. The van der Waals surface area contributed by atoms with Crippen LogP contribution >= 0.6 is 0 Å². The first-order chi connectivity index (χ1) is 8.71. The van der Waals surface area contributed by atoms with Crippen molar-refractivity contribution in [2.45, 2.75) is 19.3 Å². The van der Waals surface area contributed by atoms with Crippen LogP contribution in [-0.2, 0) is 19.3 Å². The maximum atomic E-state index is 12.7. The number of carbonyl (C=O) groups is 2. The number of nitrogens with zero attached hydrogens (tertiary/aromatic N) is 3. The number of rotatable bonds is 1. The van der Waals surface area contributed by atoms with E-state index < -0.39 is 36.3 Å². The number of amides is 1. The lowest BCUT2D eigenvalue weighted by molar-refractivity contribution is -0.147. The van der Waals surface area contributed by atoms with Crippen LogP contribution in [0.3, 0.4) is 0 Å². The Hall–Kier alpha value is -2.26. The number of aromatic nitrogens is 2. The summed E-state index contributed by atoms with van der Waals surface area (Å²) in [6, 6.07) is 0. The molecule has 7 nitrogen and oxygen atoms in total. The molecule has 0 aromatic carbocycles. The van der Waals surface area contributed by atoms with Gasteiger partial charge < -0.3 is 19.7 Å². The van der Waals surface area contributed by atoms with Crippen molar-refractivity contribution in [3.63, 3.8) is 0 Å². The molecular weight excluding hydrogens is 271 g/mol. The fourth-order valence-electron chi connectivity index (χ4n) is 1.92. The van der Waals surface area contributed by atoms with Crippen LogP contribution in [0.25, 0.3) is 0 Å². The third-order valence-corrected chi connectivity index (χ3v) is 2.73. The van der Waals surface area contributed by atoms with Crippen LogP contribution in [0.5, 0.6) is 0 Å². The molecule has 1 aliphatic rings. The average molecular weight is 279 g/mol. The molecule has 0 radical (unpaired) electrons. The van der Waals surface area contributed by atoms with E-state index in [-0.39, 0.29) is 18.8 Å². The number of halogens is 3. The molecule has 0 bridgehead atoms. The van der Waals surface area contributed by atoms with E-state index in [1.165, 1.54) is 0 Å². The highest BCUT2D eigenvalue weighted by molar-refractivity contribution is 5.87. The molecule has 2 rings (SSSR count). The second-order valence-corrected chi connectivity index (χ2v) is 3.89. The molecule has 10 heteroatoms. The molecule has 104 valence electrons. The van der Waals surface area contributed by atoms with Crippen LogP contribution < -0.4 is 0 Å². The van der Waals surface area contributed by atoms with E-state index >= 15 is 0 Å². The van der Waals surface area contributed by atoms with Crippen molar-refractivity contribution in [1.29, 1.82) is 0 Å². The van der Waals surface area contributed by atoms with Gasteiger partial charge in [-0.3, -0.25) is 0 Å². The van der Waals surface area contributed by atoms with Crippen molar-refractivity contribution in [2.75, 3.05) is 6.54 Å². The Morgan fingerprint density at radius 2 is 1.84 bits per heavy atom. The first-order valence-electron chi connectivity index (χ1n) is 5.09. The lowest BCUT2D eigenvalue weighted by Gasteiger charge is -2.27. The van der Waals surface area contributed by atoms with E-state index in [4.69, 9.17) is 10.2 Å². The molecule has 1 aromatic rings. The largest absolute Gasteiger partial charge is 0.476 e. The number of fused-ring (bicyclic) bond motifs is 1. The molecule has 1 amide bonds. The molecule has 0 aliphatic carbocycles. The number of hydrogen-bond acceptors (Lipinski definition) is 3. The Labute approximate surface area is 103 Å². The van der Waals surface area contributed by atoms with Crippen molar-refractivity contribution in [2.24, 2.45) is 0 Å². The van der Waals surface area contributed by atoms with Gasteiger partial charge in [-0.2, -0.15) is 13.2 Å². The summed E-state index contributed by atoms with van der Waals surface area (Å²) in [5, 5.41) is 17.6. The predicted molar refractivity (Wildman–Crippen MR) is 52.6 cm³/mol. The highest BCUT2D eigenvalue weighted by atomic mass is 19.4. The van der Waals surface area contributed by atoms with Crippen LogP contribution in [0, 0.1) is 0 Å². The van der Waals surface area contributed by atoms with E-state index in [0.717, 1.165) is 4.90 Å². The molecule has 0 spiro atoms. The van der Waals surface area contributed by atoms with Crippen molar-refractivity contribution in [3.8, 4) is 0 Å². The summed E-state index contributed by atoms with van der Waals surface area (Å²) in [6.07, 6.45) is -6.11. The summed E-state index contributed by atoms with van der Waals surface area (Å²) in [6.45, 7) is -0.863. The Morgan fingerprint density at radius 1 is 1.21 bits per heavy atom. The van der Waals surface area contributed by atoms with Gasteiger partial charge in [0.05, 0.1) is 12.2 Å². The molecule has 0 atom stereocenters. The van der Waals surface area contributed by atoms with Crippen LogP contribution in [0.2, 0.25) is 0 Å². The standard InChI is InChI=1S/C9H8F3N3O4/c10-9(11,12)7-13-5(6(16)17)4-3-14(8(18)19)1-2-15(4)7/h1-3H2,(H,16,17)(H,18,19). The maximum Gasteiger partial charge on any atom is 0.449 e. The minimum absolute atomic E-state index is 0.152. The molecule has 0 unspecified atom stereocenters. The van der Waals surface area contributed by atoms with Gasteiger partial charge in [-0.1, -0.05) is 0 Å². The first-order valence-corrected chi connectivity index (χ1v) is 5.09. The molecule has 1 aliphatic heterocycles. The number of imidazole rings is 1. The fourth-order valence-corrected chi connectivity index (χ4v) is 1.92. The molecule has 0 saturated carbocycles. The normalized spacial score (nSPS) is 15.2. The summed E-state index contributed by atoms with van der Waals surface area (Å²) in [4.78, 5) is 25.6. The van der Waals surface area contributed by atoms with E-state index in [0.29, 0.717) is 4.57 Å². The lowest BCUT2D eigenvalue weighted by Crippen LogP contribution is -2.38. The third kappa shape index (κ3) is 2.20. The Balaban J connectivity index is 2.53. The van der Waals surface area contributed by atoms with E-state index in [1.54, 1.807) is 0 Å². The summed E-state index contributed by atoms with van der Waals surface area (Å²) in [7, 11) is 0. The highest BCUT2D eigenvalue weighted by Crippen LogP contribution is 2.32. The van der Waals surface area contributed by atoms with E-state index in [9.17, 15) is 22.8 Å². The monoisotopic (exact) mass is 279 g/mol. The zero-order chi connectivity index (χ0) is 14.4. The van der Waals surface area contributed by atoms with Gasteiger partial charge >= 0.3 is 18.2 Å². The van der Waals surface area contributed by atoms with Crippen molar-refractivity contribution < 1.29 is 33.0 Å². The molecule has 2 heterocycles. The number of carboxylic acid groups (broad SMARTS) is 2. The quantitative estimate of drug-likeness (QED) is 0.802. The van der Waals surface area contributed by atoms with Gasteiger partial charge in [0, 0.05) is 13.1 Å². The summed E-state index contributed by atoms with van der Waals surface area (Å²) in [5.74, 6) is -2.93. The second kappa shape index (κ2) is 4.14. The average Bonchev–Trinajstić information content (AvgIpc) is 2.66. The minimum Gasteiger partial charge on any atom is -0.476 e. The zero-order valence-corrected chi connectivity index (χ0v) is 9.31. The maximum absolute atomic E-state index is 12.7. The molecule has 1 aromatic heterocycles. The van der Waals surface area contributed by atoms with Crippen molar-refractivity contribution >= 4 is 12.1 Å². The topological polar surface area (TPSA) is 95.7 Å². The summed E-state index contributed by atoms with van der Waals surface area (Å²) >= 11 is 0. The highest BCUT2D eigenvalue weighted by Gasteiger charge is 2.41. The molecular formula is C9H8F3N3O4. The Morgan fingerprint density at radius 3 is 2.32 bits per heavy atom.